The number of β-amino-alcohol motifs (C(OH)–C–C–N with tert-alkyl or cyclic N) is 1. The van der Waals surface area contributed by atoms with Crippen LogP contribution in [0.4, 0.5) is 5.69 Å². The van der Waals surface area contributed by atoms with Gasteiger partial charge in [-0.15, -0.1) is 0 Å². The smallest absolute Gasteiger partial charge is 0.277 e. The lowest BCUT2D eigenvalue weighted by atomic mass is 10.1. The maximum atomic E-state index is 12.0. The zero-order chi connectivity index (χ0) is 14.9. The minimum atomic E-state index is -0.420. The summed E-state index contributed by atoms with van der Waals surface area (Å²) in [5, 5.41) is 11.9. The van der Waals surface area contributed by atoms with Crippen LogP contribution in [-0.4, -0.2) is 35.0 Å². The van der Waals surface area contributed by atoms with Crippen LogP contribution in [0.3, 0.4) is 0 Å². The minimum absolute atomic E-state index is 0.00734. The average molecular weight is 339 g/mol. The molecule has 0 atom stereocenters. The van der Waals surface area contributed by atoms with Crippen molar-refractivity contribution in [3.8, 4) is 0 Å². The lowest BCUT2D eigenvalue weighted by Gasteiger charge is -2.15. The molecule has 0 radical (unpaired) electrons. The van der Waals surface area contributed by atoms with Crippen molar-refractivity contribution in [3.05, 3.63) is 39.5 Å². The van der Waals surface area contributed by atoms with Crippen LogP contribution in [0, 0.1) is 13.8 Å². The van der Waals surface area contributed by atoms with Crippen molar-refractivity contribution in [3.63, 3.8) is 0 Å². The van der Waals surface area contributed by atoms with E-state index in [2.05, 4.69) is 21.2 Å². The Morgan fingerprint density at radius 3 is 2.60 bits per heavy atom. The van der Waals surface area contributed by atoms with Crippen molar-refractivity contribution in [1.82, 2.24) is 4.90 Å². The van der Waals surface area contributed by atoms with Gasteiger partial charge in [0.15, 0.2) is 0 Å². The number of aliphatic hydroxyl groups excluding tert-OH is 1. The first kappa shape index (κ1) is 14.7. The highest BCUT2D eigenvalue weighted by Gasteiger charge is 2.31. The van der Waals surface area contributed by atoms with Crippen LogP contribution in [0.15, 0.2) is 28.4 Å². The van der Waals surface area contributed by atoms with Gasteiger partial charge in [-0.2, -0.15) is 0 Å². The molecule has 5 nitrogen and oxygen atoms in total. The van der Waals surface area contributed by atoms with Crippen molar-refractivity contribution in [2.75, 3.05) is 18.5 Å². The van der Waals surface area contributed by atoms with Crippen LogP contribution in [-0.2, 0) is 9.59 Å². The summed E-state index contributed by atoms with van der Waals surface area (Å²) < 4.78 is 0.830. The first-order valence-corrected chi connectivity index (χ1v) is 6.95. The van der Waals surface area contributed by atoms with Gasteiger partial charge in [-0.25, -0.2) is 0 Å². The fraction of sp³-hybridized carbons (Fsp3) is 0.286. The molecule has 1 aliphatic rings. The summed E-state index contributed by atoms with van der Waals surface area (Å²) in [4.78, 5) is 24.7. The third kappa shape index (κ3) is 2.76. The summed E-state index contributed by atoms with van der Waals surface area (Å²) in [5.74, 6) is -0.830. The van der Waals surface area contributed by atoms with Crippen molar-refractivity contribution in [1.29, 1.82) is 0 Å². The molecule has 20 heavy (non-hydrogen) atoms. The molecule has 6 heteroatoms. The number of aryl methyl sites for hydroxylation is 2. The molecule has 0 unspecified atom stereocenters. The van der Waals surface area contributed by atoms with Crippen molar-refractivity contribution in [2.45, 2.75) is 13.8 Å². The summed E-state index contributed by atoms with van der Waals surface area (Å²) in [5.41, 5.74) is 3.05. The van der Waals surface area contributed by atoms with Crippen molar-refractivity contribution < 1.29 is 14.7 Å². The number of hydrogen-bond acceptors (Lipinski definition) is 4. The van der Waals surface area contributed by atoms with Gasteiger partial charge in [-0.1, -0.05) is 6.07 Å². The standard InChI is InChI=1S/C14H15BrN2O3/c1-8-5-9(2)13(10(15)6-8)16-11-7-12(19)17(3-4-18)14(11)20/h5-7,16,18H,3-4H2,1-2H3. The molecule has 106 valence electrons. The number of rotatable bonds is 4. The number of hydrogen-bond donors (Lipinski definition) is 2. The molecule has 2 N–H and O–H groups in total. The zero-order valence-corrected chi connectivity index (χ0v) is 12.8. The number of halogens is 1. The highest BCUT2D eigenvalue weighted by molar-refractivity contribution is 9.10. The number of nitrogens with zero attached hydrogens (tertiary/aromatic N) is 1. The maximum absolute atomic E-state index is 12.0. The van der Waals surface area contributed by atoms with Crippen LogP contribution in [0.5, 0.6) is 0 Å². The fourth-order valence-corrected chi connectivity index (χ4v) is 2.89. The Kier molecular flexibility index (Phi) is 4.25. The molecule has 0 aromatic heterocycles. The number of anilines is 1. The molecule has 0 saturated carbocycles. The Balaban J connectivity index is 2.26. The second-order valence-corrected chi connectivity index (χ2v) is 5.49. The summed E-state index contributed by atoms with van der Waals surface area (Å²) in [7, 11) is 0. The Morgan fingerprint density at radius 1 is 1.30 bits per heavy atom. The zero-order valence-electron chi connectivity index (χ0n) is 11.2. The first-order chi connectivity index (χ1) is 9.43. The molecule has 1 aliphatic heterocycles. The highest BCUT2D eigenvalue weighted by Crippen LogP contribution is 2.30. The van der Waals surface area contributed by atoms with E-state index in [4.69, 9.17) is 5.11 Å². The monoisotopic (exact) mass is 338 g/mol. The third-order valence-corrected chi connectivity index (χ3v) is 3.65. The lowest BCUT2D eigenvalue weighted by Crippen LogP contribution is -2.34. The van der Waals surface area contributed by atoms with E-state index >= 15 is 0 Å². The fourth-order valence-electron chi connectivity index (χ4n) is 2.12. The molecule has 0 bridgehead atoms. The number of benzene rings is 1. The number of carbonyl (C=O) groups excluding carboxylic acids is 2. The maximum Gasteiger partial charge on any atom is 0.277 e. The average Bonchev–Trinajstić information content (AvgIpc) is 2.62. The van der Waals surface area contributed by atoms with Crippen molar-refractivity contribution in [2.24, 2.45) is 0 Å². The molecule has 1 heterocycles. The Labute approximate surface area is 125 Å². The van der Waals surface area contributed by atoms with Gasteiger partial charge in [0, 0.05) is 10.5 Å². The number of carbonyl (C=O) groups is 2. The Morgan fingerprint density at radius 2 is 2.00 bits per heavy atom. The van der Waals surface area contributed by atoms with Gasteiger partial charge in [0.25, 0.3) is 11.8 Å². The van der Waals surface area contributed by atoms with E-state index in [9.17, 15) is 9.59 Å². The van der Waals surface area contributed by atoms with Gasteiger partial charge in [0.1, 0.15) is 5.70 Å². The largest absolute Gasteiger partial charge is 0.395 e. The van der Waals surface area contributed by atoms with Crippen LogP contribution < -0.4 is 5.32 Å². The molecular weight excluding hydrogens is 324 g/mol. The first-order valence-electron chi connectivity index (χ1n) is 6.16. The second kappa shape index (κ2) is 5.76. The van der Waals surface area contributed by atoms with Gasteiger partial charge < -0.3 is 10.4 Å². The third-order valence-electron chi connectivity index (χ3n) is 3.02. The summed E-state index contributed by atoms with van der Waals surface area (Å²) in [6, 6.07) is 3.92. The van der Waals surface area contributed by atoms with Crippen molar-refractivity contribution >= 4 is 33.4 Å². The van der Waals surface area contributed by atoms with Gasteiger partial charge in [-0.3, -0.25) is 14.5 Å². The highest BCUT2D eigenvalue weighted by atomic mass is 79.9. The van der Waals surface area contributed by atoms with E-state index in [1.165, 1.54) is 6.08 Å². The van der Waals surface area contributed by atoms with Crippen LogP contribution in [0.25, 0.3) is 0 Å². The molecule has 0 aliphatic carbocycles. The number of aliphatic hydroxyl groups is 1. The van der Waals surface area contributed by atoms with E-state index in [1.54, 1.807) is 0 Å². The number of nitrogens with one attached hydrogen (secondary N) is 1. The molecule has 0 fully saturated rings. The Hall–Kier alpha value is -1.66. The quantitative estimate of drug-likeness (QED) is 0.820. The molecule has 0 saturated heterocycles. The number of amides is 2. The SMILES string of the molecule is Cc1cc(C)c(NC2=CC(=O)N(CCO)C2=O)c(Br)c1. The molecular formula is C14H15BrN2O3. The summed E-state index contributed by atoms with van der Waals surface area (Å²) in [6.07, 6.45) is 1.25. The van der Waals surface area contributed by atoms with E-state index in [1.807, 2.05) is 26.0 Å². The summed E-state index contributed by atoms with van der Waals surface area (Å²) in [6.45, 7) is 3.67. The van der Waals surface area contributed by atoms with Crippen LogP contribution >= 0.6 is 15.9 Å². The predicted molar refractivity (Wildman–Crippen MR) is 79.1 cm³/mol. The topological polar surface area (TPSA) is 69.6 Å². The second-order valence-electron chi connectivity index (χ2n) is 4.64. The molecule has 2 amide bonds. The number of imide groups is 1. The molecule has 0 spiro atoms. The van der Waals surface area contributed by atoms with Crippen LogP contribution in [0.1, 0.15) is 11.1 Å². The van der Waals surface area contributed by atoms with E-state index < -0.39 is 11.8 Å². The normalized spacial score (nSPS) is 14.8. The molecule has 1 aromatic rings. The summed E-state index contributed by atoms with van der Waals surface area (Å²) >= 11 is 3.45. The molecule has 2 rings (SSSR count). The van der Waals surface area contributed by atoms with Gasteiger partial charge in [0.2, 0.25) is 0 Å². The van der Waals surface area contributed by atoms with E-state index in [0.717, 1.165) is 26.2 Å². The van der Waals surface area contributed by atoms with Gasteiger partial charge in [0.05, 0.1) is 18.8 Å². The van der Waals surface area contributed by atoms with Gasteiger partial charge >= 0.3 is 0 Å². The van der Waals surface area contributed by atoms with E-state index in [-0.39, 0.29) is 18.8 Å². The minimum Gasteiger partial charge on any atom is -0.395 e. The predicted octanol–water partition coefficient (Wildman–Crippen LogP) is 1.72. The van der Waals surface area contributed by atoms with Gasteiger partial charge in [-0.05, 0) is 47.0 Å². The van der Waals surface area contributed by atoms with E-state index in [0.29, 0.717) is 0 Å². The van der Waals surface area contributed by atoms with Crippen LogP contribution in [0.2, 0.25) is 0 Å². The molecule has 1 aromatic carbocycles. The lowest BCUT2D eigenvalue weighted by molar-refractivity contribution is -0.137. The Bertz CT molecular complexity index is 587.